The van der Waals surface area contributed by atoms with Crippen LogP contribution in [0.2, 0.25) is 5.02 Å². The molecule has 1 aliphatic rings. The molecule has 1 fully saturated rings. The Bertz CT molecular complexity index is 929. The van der Waals surface area contributed by atoms with Crippen LogP contribution in [0.3, 0.4) is 0 Å². The van der Waals surface area contributed by atoms with Crippen LogP contribution >= 0.6 is 23.4 Å². The summed E-state index contributed by atoms with van der Waals surface area (Å²) in [5.74, 6) is 1.37. The average Bonchev–Trinajstić information content (AvgIpc) is 2.69. The van der Waals surface area contributed by atoms with Crippen molar-refractivity contribution < 1.29 is 13.2 Å². The van der Waals surface area contributed by atoms with Gasteiger partial charge in [-0.3, -0.25) is 9.52 Å². The number of halogens is 1. The number of hydrogen-bond donors (Lipinski definition) is 1. The first kappa shape index (κ1) is 21.0. The van der Waals surface area contributed by atoms with E-state index >= 15 is 0 Å². The summed E-state index contributed by atoms with van der Waals surface area (Å²) in [4.78, 5) is 14.8. The summed E-state index contributed by atoms with van der Waals surface area (Å²) in [7, 11) is -3.73. The summed E-state index contributed by atoms with van der Waals surface area (Å²) >= 11 is 7.73. The van der Waals surface area contributed by atoms with E-state index in [1.165, 1.54) is 12.1 Å². The molecule has 0 bridgehead atoms. The third-order valence-electron chi connectivity index (χ3n) is 4.63. The van der Waals surface area contributed by atoms with E-state index < -0.39 is 10.0 Å². The van der Waals surface area contributed by atoms with E-state index in [0.29, 0.717) is 34.0 Å². The first-order chi connectivity index (χ1) is 13.3. The summed E-state index contributed by atoms with van der Waals surface area (Å²) in [5, 5.41) is 0.961. The van der Waals surface area contributed by atoms with Gasteiger partial charge in [0.1, 0.15) is 0 Å². The van der Waals surface area contributed by atoms with Crippen LogP contribution in [0.1, 0.15) is 24.2 Å². The van der Waals surface area contributed by atoms with Crippen LogP contribution in [0.25, 0.3) is 0 Å². The molecule has 1 amide bonds. The second-order valence-corrected chi connectivity index (χ2v) is 10.5. The molecule has 0 saturated carbocycles. The van der Waals surface area contributed by atoms with Crippen LogP contribution in [0.15, 0.2) is 53.4 Å². The highest BCUT2D eigenvalue weighted by atomic mass is 35.5. The SMILES string of the molecule is CC(C)C1CN(C(=O)c2ccc(S(=O)(=O)Nc3ccc(Cl)cc3)cc2)CCS1. The second kappa shape index (κ2) is 8.76. The number of thioether (sulfide) groups is 1. The van der Waals surface area contributed by atoms with Crippen molar-refractivity contribution in [1.82, 2.24) is 4.90 Å². The summed E-state index contributed by atoms with van der Waals surface area (Å²) in [6, 6.07) is 12.5. The van der Waals surface area contributed by atoms with Gasteiger partial charge in [0.25, 0.3) is 15.9 Å². The fourth-order valence-corrected chi connectivity index (χ4v) is 5.44. The molecule has 28 heavy (non-hydrogen) atoms. The van der Waals surface area contributed by atoms with Crippen LogP contribution in [-0.2, 0) is 10.0 Å². The van der Waals surface area contributed by atoms with Crippen molar-refractivity contribution in [1.29, 1.82) is 0 Å². The molecular formula is C20H23ClN2O3S2. The zero-order valence-electron chi connectivity index (χ0n) is 15.8. The third kappa shape index (κ3) is 5.01. The highest BCUT2D eigenvalue weighted by Crippen LogP contribution is 2.26. The third-order valence-corrected chi connectivity index (χ3v) is 7.82. The maximum Gasteiger partial charge on any atom is 0.261 e. The molecule has 2 aromatic rings. The summed E-state index contributed by atoms with van der Waals surface area (Å²) in [5.41, 5.74) is 0.926. The Kier molecular flexibility index (Phi) is 6.58. The van der Waals surface area contributed by atoms with Gasteiger partial charge in [-0.25, -0.2) is 8.42 Å². The molecule has 1 heterocycles. The monoisotopic (exact) mass is 438 g/mol. The summed E-state index contributed by atoms with van der Waals surface area (Å²) in [6.45, 7) is 5.77. The lowest BCUT2D eigenvalue weighted by Gasteiger charge is -2.34. The Morgan fingerprint density at radius 2 is 1.79 bits per heavy atom. The van der Waals surface area contributed by atoms with Gasteiger partial charge in [0.2, 0.25) is 0 Å². The zero-order valence-corrected chi connectivity index (χ0v) is 18.2. The Hall–Kier alpha value is -1.70. The van der Waals surface area contributed by atoms with E-state index in [1.807, 2.05) is 16.7 Å². The first-order valence-corrected chi connectivity index (χ1v) is 12.0. The molecule has 1 aliphatic heterocycles. The highest BCUT2D eigenvalue weighted by molar-refractivity contribution is 8.00. The van der Waals surface area contributed by atoms with Crippen LogP contribution in [-0.4, -0.2) is 43.3 Å². The Balaban J connectivity index is 1.71. The zero-order chi connectivity index (χ0) is 20.3. The number of nitrogens with zero attached hydrogens (tertiary/aromatic N) is 1. The van der Waals surface area contributed by atoms with Gasteiger partial charge < -0.3 is 4.90 Å². The van der Waals surface area contributed by atoms with Crippen LogP contribution < -0.4 is 4.72 Å². The molecule has 1 N–H and O–H groups in total. The molecule has 0 spiro atoms. The van der Waals surface area contributed by atoms with Gasteiger partial charge in [-0.1, -0.05) is 25.4 Å². The molecule has 1 saturated heterocycles. The number of nitrogens with one attached hydrogen (secondary N) is 1. The topological polar surface area (TPSA) is 66.5 Å². The second-order valence-electron chi connectivity index (χ2n) is 7.04. The van der Waals surface area contributed by atoms with Crippen molar-refractivity contribution in [3.05, 3.63) is 59.1 Å². The molecule has 0 aliphatic carbocycles. The van der Waals surface area contributed by atoms with Crippen molar-refractivity contribution >= 4 is 45.0 Å². The number of sulfonamides is 1. The predicted molar refractivity (Wildman–Crippen MR) is 116 cm³/mol. The number of amides is 1. The van der Waals surface area contributed by atoms with Crippen molar-refractivity contribution in [2.45, 2.75) is 24.0 Å². The molecule has 150 valence electrons. The largest absolute Gasteiger partial charge is 0.337 e. The number of carbonyl (C=O) groups is 1. The number of anilines is 1. The minimum Gasteiger partial charge on any atom is -0.337 e. The number of benzene rings is 2. The maximum atomic E-state index is 12.8. The fraction of sp³-hybridized carbons (Fsp3) is 0.350. The van der Waals surface area contributed by atoms with Crippen molar-refractivity contribution in [3.8, 4) is 0 Å². The normalized spacial score (nSPS) is 17.6. The van der Waals surface area contributed by atoms with Crippen molar-refractivity contribution in [2.24, 2.45) is 5.92 Å². The van der Waals surface area contributed by atoms with Gasteiger partial charge in [-0.15, -0.1) is 0 Å². The lowest BCUT2D eigenvalue weighted by molar-refractivity contribution is 0.0756. The van der Waals surface area contributed by atoms with Crippen LogP contribution in [0, 0.1) is 5.92 Å². The molecule has 1 atom stereocenters. The maximum absolute atomic E-state index is 12.8. The molecule has 0 aromatic heterocycles. The first-order valence-electron chi connectivity index (χ1n) is 9.05. The number of hydrogen-bond acceptors (Lipinski definition) is 4. The number of carbonyl (C=O) groups excluding carboxylic acids is 1. The number of rotatable bonds is 5. The van der Waals surface area contributed by atoms with E-state index in [9.17, 15) is 13.2 Å². The quantitative estimate of drug-likeness (QED) is 0.753. The Morgan fingerprint density at radius 1 is 1.14 bits per heavy atom. The van der Waals surface area contributed by atoms with Crippen LogP contribution in [0.5, 0.6) is 0 Å². The lowest BCUT2D eigenvalue weighted by Crippen LogP contribution is -2.43. The van der Waals surface area contributed by atoms with Gasteiger partial charge in [0.15, 0.2) is 0 Å². The average molecular weight is 439 g/mol. The molecule has 0 radical (unpaired) electrons. The van der Waals surface area contributed by atoms with E-state index in [0.717, 1.165) is 12.3 Å². The molecule has 5 nitrogen and oxygen atoms in total. The summed E-state index contributed by atoms with van der Waals surface area (Å²) in [6.07, 6.45) is 0. The van der Waals surface area contributed by atoms with Crippen LogP contribution in [0.4, 0.5) is 5.69 Å². The van der Waals surface area contributed by atoms with Crippen molar-refractivity contribution in [2.75, 3.05) is 23.6 Å². The van der Waals surface area contributed by atoms with Gasteiger partial charge in [-0.2, -0.15) is 11.8 Å². The standard InChI is InChI=1S/C20H23ClN2O3S2/c1-14(2)19-13-23(11-12-27-19)20(24)15-3-9-18(10-4-15)28(25,26)22-17-7-5-16(21)6-8-17/h3-10,14,19,22H,11-13H2,1-2H3. The van der Waals surface area contributed by atoms with E-state index in [2.05, 4.69) is 18.6 Å². The van der Waals surface area contributed by atoms with Crippen molar-refractivity contribution in [3.63, 3.8) is 0 Å². The van der Waals surface area contributed by atoms with Gasteiger partial charge in [0.05, 0.1) is 4.90 Å². The molecule has 3 rings (SSSR count). The Labute approximate surface area is 175 Å². The van der Waals surface area contributed by atoms with E-state index in [-0.39, 0.29) is 10.8 Å². The predicted octanol–water partition coefficient (Wildman–Crippen LogP) is 4.35. The molecular weight excluding hydrogens is 416 g/mol. The van der Waals surface area contributed by atoms with Gasteiger partial charge in [-0.05, 0) is 54.4 Å². The minimum atomic E-state index is -3.73. The minimum absolute atomic E-state index is 0.0550. The highest BCUT2D eigenvalue weighted by Gasteiger charge is 2.27. The molecule has 1 unspecified atom stereocenters. The fourth-order valence-electron chi connectivity index (χ4n) is 2.95. The lowest BCUT2D eigenvalue weighted by atomic mass is 10.1. The van der Waals surface area contributed by atoms with E-state index in [4.69, 9.17) is 11.6 Å². The van der Waals surface area contributed by atoms with Gasteiger partial charge >= 0.3 is 0 Å². The Morgan fingerprint density at radius 3 is 2.39 bits per heavy atom. The molecule has 2 aromatic carbocycles. The molecule has 8 heteroatoms. The van der Waals surface area contributed by atoms with E-state index in [1.54, 1.807) is 36.4 Å². The van der Waals surface area contributed by atoms with Gasteiger partial charge in [0, 0.05) is 40.4 Å². The smallest absolute Gasteiger partial charge is 0.261 e. The summed E-state index contributed by atoms with van der Waals surface area (Å²) < 4.78 is 27.6.